The maximum atomic E-state index is 9.28. The van der Waals surface area contributed by atoms with Gasteiger partial charge in [-0.2, -0.15) is 0 Å². The SMILES string of the molecule is OC1(O)C=CC(Cc2ccccc2)=CC1. The summed E-state index contributed by atoms with van der Waals surface area (Å²) in [7, 11) is 0. The molecule has 2 N–H and O–H groups in total. The molecular weight excluding hydrogens is 188 g/mol. The topological polar surface area (TPSA) is 40.5 Å². The van der Waals surface area contributed by atoms with Gasteiger partial charge in [0.05, 0.1) is 0 Å². The molecule has 2 heteroatoms. The molecule has 1 aromatic rings. The van der Waals surface area contributed by atoms with Crippen molar-refractivity contribution >= 4 is 0 Å². The molecule has 2 nitrogen and oxygen atoms in total. The molecular formula is C13H14O2. The van der Waals surface area contributed by atoms with Crippen molar-refractivity contribution in [2.24, 2.45) is 0 Å². The first-order valence-electron chi connectivity index (χ1n) is 5.03. The summed E-state index contributed by atoms with van der Waals surface area (Å²) in [6.07, 6.45) is 6.19. The fourth-order valence-corrected chi connectivity index (χ4v) is 1.62. The van der Waals surface area contributed by atoms with Crippen molar-refractivity contribution < 1.29 is 10.2 Å². The summed E-state index contributed by atoms with van der Waals surface area (Å²) >= 11 is 0. The van der Waals surface area contributed by atoms with Crippen LogP contribution in [0.15, 0.2) is 54.1 Å². The third kappa shape index (κ3) is 2.78. The Labute approximate surface area is 89.2 Å². The van der Waals surface area contributed by atoms with Crippen LogP contribution in [-0.4, -0.2) is 16.0 Å². The zero-order chi connectivity index (χ0) is 10.7. The van der Waals surface area contributed by atoms with E-state index in [4.69, 9.17) is 0 Å². The van der Waals surface area contributed by atoms with Gasteiger partial charge in [-0.15, -0.1) is 0 Å². The van der Waals surface area contributed by atoms with Crippen LogP contribution in [0.4, 0.5) is 0 Å². The molecule has 0 aliphatic heterocycles. The molecule has 78 valence electrons. The molecule has 0 fully saturated rings. The predicted molar refractivity (Wildman–Crippen MR) is 59.2 cm³/mol. The van der Waals surface area contributed by atoms with E-state index in [1.165, 1.54) is 11.6 Å². The van der Waals surface area contributed by atoms with Crippen molar-refractivity contribution in [2.75, 3.05) is 0 Å². The van der Waals surface area contributed by atoms with E-state index in [2.05, 4.69) is 12.1 Å². The zero-order valence-corrected chi connectivity index (χ0v) is 8.43. The van der Waals surface area contributed by atoms with Crippen LogP contribution in [0, 0.1) is 0 Å². The second-order valence-corrected chi connectivity index (χ2v) is 3.86. The molecule has 0 heterocycles. The van der Waals surface area contributed by atoms with Crippen LogP contribution in [0.5, 0.6) is 0 Å². The summed E-state index contributed by atoms with van der Waals surface area (Å²) in [6.45, 7) is 0. The number of aliphatic hydroxyl groups is 2. The van der Waals surface area contributed by atoms with Gasteiger partial charge in [-0.25, -0.2) is 0 Å². The lowest BCUT2D eigenvalue weighted by Gasteiger charge is -2.19. The first kappa shape index (κ1) is 10.1. The third-order valence-electron chi connectivity index (χ3n) is 2.48. The highest BCUT2D eigenvalue weighted by molar-refractivity contribution is 5.31. The Hall–Kier alpha value is -1.38. The summed E-state index contributed by atoms with van der Waals surface area (Å²) in [6, 6.07) is 10.1. The summed E-state index contributed by atoms with van der Waals surface area (Å²) in [5.74, 6) is -1.65. The average Bonchev–Trinajstić information content (AvgIpc) is 2.23. The molecule has 0 spiro atoms. The van der Waals surface area contributed by atoms with Crippen LogP contribution >= 0.6 is 0 Å². The first-order chi connectivity index (χ1) is 7.16. The summed E-state index contributed by atoms with van der Waals surface area (Å²) in [5.41, 5.74) is 2.36. The number of benzene rings is 1. The monoisotopic (exact) mass is 202 g/mol. The molecule has 2 rings (SSSR count). The minimum Gasteiger partial charge on any atom is -0.362 e. The van der Waals surface area contributed by atoms with E-state index in [9.17, 15) is 10.2 Å². The molecule has 0 atom stereocenters. The Morgan fingerprint density at radius 3 is 2.47 bits per heavy atom. The largest absolute Gasteiger partial charge is 0.362 e. The van der Waals surface area contributed by atoms with E-state index in [0.717, 1.165) is 12.0 Å². The van der Waals surface area contributed by atoms with Crippen LogP contribution in [0.3, 0.4) is 0 Å². The number of hydrogen-bond donors (Lipinski definition) is 2. The molecule has 0 aromatic heterocycles. The van der Waals surface area contributed by atoms with E-state index in [1.807, 2.05) is 24.3 Å². The second-order valence-electron chi connectivity index (χ2n) is 3.86. The smallest absolute Gasteiger partial charge is 0.186 e. The lowest BCUT2D eigenvalue weighted by atomic mass is 9.97. The molecule has 1 aliphatic carbocycles. The summed E-state index contributed by atoms with van der Waals surface area (Å²) < 4.78 is 0. The van der Waals surface area contributed by atoms with E-state index in [1.54, 1.807) is 6.08 Å². The zero-order valence-electron chi connectivity index (χ0n) is 8.43. The van der Waals surface area contributed by atoms with Gasteiger partial charge in [-0.3, -0.25) is 0 Å². The Kier molecular flexibility index (Phi) is 2.71. The van der Waals surface area contributed by atoms with Crippen molar-refractivity contribution in [1.82, 2.24) is 0 Å². The molecule has 0 amide bonds. The standard InChI is InChI=1S/C13H14O2/c14-13(15)8-6-12(7-9-13)10-11-4-2-1-3-5-11/h1-8,14-15H,9-10H2. The number of allylic oxidation sites excluding steroid dienone is 2. The number of hydrogen-bond acceptors (Lipinski definition) is 2. The van der Waals surface area contributed by atoms with Crippen molar-refractivity contribution in [3.63, 3.8) is 0 Å². The van der Waals surface area contributed by atoms with Crippen molar-refractivity contribution in [2.45, 2.75) is 18.6 Å². The van der Waals surface area contributed by atoms with Gasteiger partial charge in [0.25, 0.3) is 0 Å². The minimum atomic E-state index is -1.65. The normalized spacial score (nSPS) is 18.7. The van der Waals surface area contributed by atoms with E-state index in [-0.39, 0.29) is 6.42 Å². The predicted octanol–water partition coefficient (Wildman–Crippen LogP) is 1.80. The molecule has 0 saturated heterocycles. The lowest BCUT2D eigenvalue weighted by molar-refractivity contribution is -0.115. The van der Waals surface area contributed by atoms with Gasteiger partial charge in [0, 0.05) is 6.42 Å². The second kappa shape index (κ2) is 4.01. The number of rotatable bonds is 2. The molecule has 15 heavy (non-hydrogen) atoms. The fraction of sp³-hybridized carbons (Fsp3) is 0.231. The third-order valence-corrected chi connectivity index (χ3v) is 2.48. The molecule has 0 radical (unpaired) electrons. The highest BCUT2D eigenvalue weighted by atomic mass is 16.5. The van der Waals surface area contributed by atoms with Crippen molar-refractivity contribution in [1.29, 1.82) is 0 Å². The Bertz CT molecular complexity index is 388. The highest BCUT2D eigenvalue weighted by Gasteiger charge is 2.20. The van der Waals surface area contributed by atoms with Gasteiger partial charge < -0.3 is 10.2 Å². The van der Waals surface area contributed by atoms with Crippen molar-refractivity contribution in [3.8, 4) is 0 Å². The molecule has 0 unspecified atom stereocenters. The Morgan fingerprint density at radius 2 is 1.87 bits per heavy atom. The van der Waals surface area contributed by atoms with Crippen LogP contribution in [0.25, 0.3) is 0 Å². The molecule has 1 aromatic carbocycles. The van der Waals surface area contributed by atoms with Crippen LogP contribution in [0.2, 0.25) is 0 Å². The van der Waals surface area contributed by atoms with Crippen LogP contribution in [0.1, 0.15) is 12.0 Å². The maximum Gasteiger partial charge on any atom is 0.186 e. The minimum absolute atomic E-state index is 0.270. The van der Waals surface area contributed by atoms with Gasteiger partial charge in [0.2, 0.25) is 0 Å². The molecule has 1 aliphatic rings. The summed E-state index contributed by atoms with van der Waals surface area (Å²) in [4.78, 5) is 0. The Morgan fingerprint density at radius 1 is 1.13 bits per heavy atom. The van der Waals surface area contributed by atoms with E-state index in [0.29, 0.717) is 0 Å². The highest BCUT2D eigenvalue weighted by Crippen LogP contribution is 2.20. The molecule has 0 saturated carbocycles. The average molecular weight is 202 g/mol. The van der Waals surface area contributed by atoms with Crippen LogP contribution in [-0.2, 0) is 6.42 Å². The van der Waals surface area contributed by atoms with Crippen molar-refractivity contribution in [3.05, 3.63) is 59.7 Å². The Balaban J connectivity index is 2.04. The van der Waals surface area contributed by atoms with Gasteiger partial charge >= 0.3 is 0 Å². The van der Waals surface area contributed by atoms with Gasteiger partial charge in [-0.05, 0) is 23.6 Å². The van der Waals surface area contributed by atoms with Gasteiger partial charge in [-0.1, -0.05) is 42.5 Å². The van der Waals surface area contributed by atoms with Crippen LogP contribution < -0.4 is 0 Å². The lowest BCUT2D eigenvalue weighted by Crippen LogP contribution is -2.25. The fourth-order valence-electron chi connectivity index (χ4n) is 1.62. The van der Waals surface area contributed by atoms with E-state index < -0.39 is 5.79 Å². The first-order valence-corrected chi connectivity index (χ1v) is 5.03. The summed E-state index contributed by atoms with van der Waals surface area (Å²) in [5, 5.41) is 18.6. The van der Waals surface area contributed by atoms with Gasteiger partial charge in [0.15, 0.2) is 5.79 Å². The quantitative estimate of drug-likeness (QED) is 0.718. The maximum absolute atomic E-state index is 9.28. The van der Waals surface area contributed by atoms with Gasteiger partial charge in [0.1, 0.15) is 0 Å². The molecule has 0 bridgehead atoms. The van der Waals surface area contributed by atoms with E-state index >= 15 is 0 Å².